The molecular weight excluding hydrogens is 450 g/mol. The number of carbonyl (C=O) groups is 3. The van der Waals surface area contributed by atoms with Gasteiger partial charge in [-0.2, -0.15) is 0 Å². The second-order valence-electron chi connectivity index (χ2n) is 8.49. The smallest absolute Gasteiger partial charge is 0.242 e. The van der Waals surface area contributed by atoms with E-state index in [0.29, 0.717) is 29.6 Å². The summed E-state index contributed by atoms with van der Waals surface area (Å²) in [7, 11) is 0. The van der Waals surface area contributed by atoms with Gasteiger partial charge in [-0.05, 0) is 68.1 Å². The molecular formula is C26H29N3O4S. The minimum Gasteiger partial charge on any atom is -0.376 e. The van der Waals surface area contributed by atoms with Gasteiger partial charge in [0, 0.05) is 24.3 Å². The van der Waals surface area contributed by atoms with Crippen LogP contribution in [0.15, 0.2) is 53.5 Å². The number of rotatable bonds is 8. The third kappa shape index (κ3) is 5.93. The van der Waals surface area contributed by atoms with Crippen molar-refractivity contribution >= 4 is 45.9 Å². The van der Waals surface area contributed by atoms with Gasteiger partial charge in [0.15, 0.2) is 11.0 Å². The molecule has 8 heteroatoms. The van der Waals surface area contributed by atoms with Gasteiger partial charge in [0.05, 0.1) is 18.3 Å². The molecule has 2 amide bonds. The normalized spacial score (nSPS) is 21.3. The summed E-state index contributed by atoms with van der Waals surface area (Å²) in [6.07, 6.45) is 2.87. The van der Waals surface area contributed by atoms with Gasteiger partial charge in [0.25, 0.3) is 0 Å². The van der Waals surface area contributed by atoms with Gasteiger partial charge in [-0.25, -0.2) is 4.99 Å². The second-order valence-corrected chi connectivity index (χ2v) is 9.66. The molecule has 0 aromatic heterocycles. The number of carbonyl (C=O) groups excluding carboxylic acids is 3. The monoisotopic (exact) mass is 479 g/mol. The van der Waals surface area contributed by atoms with E-state index in [4.69, 9.17) is 9.73 Å². The number of nitrogens with zero attached hydrogens (tertiary/aromatic N) is 2. The maximum Gasteiger partial charge on any atom is 0.242 e. The number of ether oxygens (including phenoxy) is 1. The molecule has 0 bridgehead atoms. The summed E-state index contributed by atoms with van der Waals surface area (Å²) in [6, 6.07) is 14.7. The van der Waals surface area contributed by atoms with Crippen molar-refractivity contribution in [2.75, 3.05) is 18.5 Å². The van der Waals surface area contributed by atoms with Gasteiger partial charge < -0.3 is 10.1 Å². The molecule has 0 aliphatic carbocycles. The van der Waals surface area contributed by atoms with E-state index in [2.05, 4.69) is 12.2 Å². The molecule has 0 radical (unpaired) electrons. The van der Waals surface area contributed by atoms with Crippen LogP contribution in [0.2, 0.25) is 0 Å². The van der Waals surface area contributed by atoms with E-state index in [1.165, 1.54) is 24.2 Å². The Hall–Kier alpha value is -2.97. The van der Waals surface area contributed by atoms with Gasteiger partial charge >= 0.3 is 0 Å². The van der Waals surface area contributed by atoms with Crippen molar-refractivity contribution in [1.82, 2.24) is 4.90 Å². The van der Waals surface area contributed by atoms with Crippen LogP contribution in [0, 0.1) is 0 Å². The maximum atomic E-state index is 13.3. The summed E-state index contributed by atoms with van der Waals surface area (Å²) in [6.45, 7) is 4.75. The zero-order valence-corrected chi connectivity index (χ0v) is 20.3. The van der Waals surface area contributed by atoms with Crippen molar-refractivity contribution in [2.24, 2.45) is 4.99 Å². The fourth-order valence-corrected chi connectivity index (χ4v) is 5.14. The van der Waals surface area contributed by atoms with Crippen molar-refractivity contribution in [3.05, 3.63) is 59.7 Å². The molecule has 1 N–H and O–H groups in total. The first-order valence-corrected chi connectivity index (χ1v) is 12.5. The van der Waals surface area contributed by atoms with Crippen LogP contribution in [-0.2, 0) is 20.7 Å². The van der Waals surface area contributed by atoms with Crippen molar-refractivity contribution in [1.29, 1.82) is 0 Å². The number of nitrogens with one attached hydrogen (secondary N) is 1. The lowest BCUT2D eigenvalue weighted by atomic mass is 10.1. The van der Waals surface area contributed by atoms with Crippen LogP contribution in [-0.4, -0.2) is 52.2 Å². The Morgan fingerprint density at radius 2 is 1.88 bits per heavy atom. The van der Waals surface area contributed by atoms with Crippen molar-refractivity contribution in [2.45, 2.75) is 50.9 Å². The van der Waals surface area contributed by atoms with Crippen molar-refractivity contribution in [3.8, 4) is 0 Å². The topological polar surface area (TPSA) is 88.1 Å². The highest BCUT2D eigenvalue weighted by atomic mass is 32.2. The van der Waals surface area contributed by atoms with Crippen LogP contribution in [0.3, 0.4) is 0 Å². The van der Waals surface area contributed by atoms with Crippen LogP contribution in [0.4, 0.5) is 11.4 Å². The number of amidine groups is 1. The number of benzene rings is 2. The van der Waals surface area contributed by atoms with Gasteiger partial charge in [-0.1, -0.05) is 30.8 Å². The van der Waals surface area contributed by atoms with E-state index >= 15 is 0 Å². The van der Waals surface area contributed by atoms with E-state index < -0.39 is 5.25 Å². The molecule has 2 atom stereocenters. The van der Waals surface area contributed by atoms with Crippen LogP contribution in [0.1, 0.15) is 49.0 Å². The molecule has 2 aromatic carbocycles. The molecule has 2 unspecified atom stereocenters. The molecule has 2 fully saturated rings. The number of thioether (sulfide) groups is 1. The van der Waals surface area contributed by atoms with Crippen molar-refractivity contribution in [3.63, 3.8) is 0 Å². The molecule has 34 heavy (non-hydrogen) atoms. The van der Waals surface area contributed by atoms with Crippen LogP contribution < -0.4 is 5.32 Å². The lowest BCUT2D eigenvalue weighted by molar-refractivity contribution is -0.129. The molecule has 7 nitrogen and oxygen atoms in total. The Bertz CT molecular complexity index is 1080. The van der Waals surface area contributed by atoms with E-state index in [1.807, 2.05) is 24.3 Å². The van der Waals surface area contributed by atoms with Gasteiger partial charge in [-0.3, -0.25) is 19.3 Å². The minimum absolute atomic E-state index is 0.00964. The standard InChI is InChI=1S/C26H29N3O4S/c1-3-18-6-10-21(11-7-18)28-26-29(16-22-5-4-14-33-22)25(32)23(34-26)15-24(31)27-20-12-8-19(9-13-20)17(2)30/h6-13,22-23H,3-5,14-16H2,1-2H3,(H,27,31). The number of ketones is 1. The first-order chi connectivity index (χ1) is 16.4. The van der Waals surface area contributed by atoms with Crippen LogP contribution >= 0.6 is 11.8 Å². The largest absolute Gasteiger partial charge is 0.376 e. The predicted molar refractivity (Wildman–Crippen MR) is 135 cm³/mol. The van der Waals surface area contributed by atoms with Crippen molar-refractivity contribution < 1.29 is 19.1 Å². The predicted octanol–water partition coefficient (Wildman–Crippen LogP) is 4.59. The third-order valence-corrected chi connectivity index (χ3v) is 7.12. The Morgan fingerprint density at radius 3 is 2.50 bits per heavy atom. The zero-order chi connectivity index (χ0) is 24.1. The lowest BCUT2D eigenvalue weighted by Crippen LogP contribution is -2.38. The highest BCUT2D eigenvalue weighted by molar-refractivity contribution is 8.15. The first-order valence-electron chi connectivity index (χ1n) is 11.6. The molecule has 0 saturated carbocycles. The van der Waals surface area contributed by atoms with Gasteiger partial charge in [0.1, 0.15) is 5.25 Å². The summed E-state index contributed by atoms with van der Waals surface area (Å²) in [4.78, 5) is 43.8. The lowest BCUT2D eigenvalue weighted by Gasteiger charge is -2.20. The summed E-state index contributed by atoms with van der Waals surface area (Å²) >= 11 is 1.33. The first kappa shape index (κ1) is 24.2. The molecule has 178 valence electrons. The third-order valence-electron chi connectivity index (χ3n) is 5.95. The fourth-order valence-electron chi connectivity index (χ4n) is 3.97. The quantitative estimate of drug-likeness (QED) is 0.560. The average Bonchev–Trinajstić information content (AvgIpc) is 3.44. The molecule has 2 aliphatic rings. The summed E-state index contributed by atoms with van der Waals surface area (Å²) in [5.74, 6) is -0.410. The molecule has 2 aliphatic heterocycles. The Kier molecular flexibility index (Phi) is 7.80. The number of anilines is 1. The SMILES string of the molecule is CCc1ccc(N=C2SC(CC(=O)Nc3ccc(C(C)=O)cc3)C(=O)N2CC2CCCO2)cc1. The minimum atomic E-state index is -0.549. The maximum absolute atomic E-state index is 13.3. The highest BCUT2D eigenvalue weighted by Gasteiger charge is 2.40. The number of hydrogen-bond acceptors (Lipinski definition) is 6. The average molecular weight is 480 g/mol. The number of Topliss-reactive ketones (excluding diaryl/α,β-unsaturated/α-hetero) is 1. The van der Waals surface area contributed by atoms with E-state index in [9.17, 15) is 14.4 Å². The van der Waals surface area contributed by atoms with Gasteiger partial charge in [-0.15, -0.1) is 0 Å². The molecule has 2 heterocycles. The Balaban J connectivity index is 1.47. The number of hydrogen-bond donors (Lipinski definition) is 1. The fraction of sp³-hybridized carbons (Fsp3) is 0.385. The van der Waals surface area contributed by atoms with E-state index in [0.717, 1.165) is 24.9 Å². The Labute approximate surface area is 204 Å². The zero-order valence-electron chi connectivity index (χ0n) is 19.5. The summed E-state index contributed by atoms with van der Waals surface area (Å²) in [5.41, 5.74) is 3.17. The van der Waals surface area contributed by atoms with Crippen LogP contribution in [0.5, 0.6) is 0 Å². The number of aliphatic imine (C=N–C) groups is 1. The Morgan fingerprint density at radius 1 is 1.15 bits per heavy atom. The van der Waals surface area contributed by atoms with E-state index in [-0.39, 0.29) is 30.1 Å². The number of amides is 2. The summed E-state index contributed by atoms with van der Waals surface area (Å²) in [5, 5.41) is 2.88. The van der Waals surface area contributed by atoms with E-state index in [1.54, 1.807) is 29.2 Å². The highest BCUT2D eigenvalue weighted by Crippen LogP contribution is 2.33. The molecule has 2 saturated heterocycles. The molecule has 4 rings (SSSR count). The van der Waals surface area contributed by atoms with Gasteiger partial charge in [0.2, 0.25) is 11.8 Å². The second kappa shape index (κ2) is 11.0. The summed E-state index contributed by atoms with van der Waals surface area (Å²) < 4.78 is 5.75. The number of aryl methyl sites for hydroxylation is 1. The molecule has 2 aromatic rings. The molecule has 0 spiro atoms. The van der Waals surface area contributed by atoms with Crippen LogP contribution in [0.25, 0.3) is 0 Å².